The van der Waals surface area contributed by atoms with Crippen LogP contribution in [-0.4, -0.2) is 33.4 Å². The van der Waals surface area contributed by atoms with Gasteiger partial charge in [0.15, 0.2) is 5.96 Å². The van der Waals surface area contributed by atoms with E-state index in [1.54, 1.807) is 0 Å². The molecule has 6 N–H and O–H groups in total. The van der Waals surface area contributed by atoms with Gasteiger partial charge in [-0.25, -0.2) is 4.57 Å². The van der Waals surface area contributed by atoms with Crippen molar-refractivity contribution in [1.29, 1.82) is 0 Å². The van der Waals surface area contributed by atoms with Crippen LogP contribution in [0.1, 0.15) is 0 Å². The summed E-state index contributed by atoms with van der Waals surface area (Å²) >= 11 is 0. The first-order chi connectivity index (χ1) is 5.31. The number of nitrogens with one attached hydrogen (secondary N) is 1. The predicted octanol–water partition coefficient (Wildman–Crippen LogP) is -1.93. The minimum atomic E-state index is -4.57. The highest BCUT2D eigenvalue weighted by molar-refractivity contribution is 7.50. The molecule has 0 amide bonds. The maximum Gasteiger partial charge on any atom is 0.451 e. The molecule has 0 unspecified atom stereocenters. The van der Waals surface area contributed by atoms with E-state index in [1.807, 2.05) is 5.32 Å². The Hall–Kier alpha value is -1.11. The van der Waals surface area contributed by atoms with Crippen LogP contribution in [0, 0.1) is 0 Å². The van der Waals surface area contributed by atoms with Gasteiger partial charge in [-0.3, -0.25) is 4.79 Å². The van der Waals surface area contributed by atoms with Gasteiger partial charge in [0.05, 0.1) is 0 Å². The van der Waals surface area contributed by atoms with Crippen molar-refractivity contribution >= 4 is 19.7 Å². The van der Waals surface area contributed by atoms with Gasteiger partial charge in [0.1, 0.15) is 6.54 Å². The summed E-state index contributed by atoms with van der Waals surface area (Å²) in [5.41, 5.74) is 4.89. The normalized spacial score (nSPS) is 12.7. The van der Waals surface area contributed by atoms with Crippen molar-refractivity contribution in [2.45, 2.75) is 0 Å². The quantitative estimate of drug-likeness (QED) is 0.201. The van der Waals surface area contributed by atoms with Crippen LogP contribution in [0.2, 0.25) is 0 Å². The highest BCUT2D eigenvalue weighted by Crippen LogP contribution is 2.35. The summed E-state index contributed by atoms with van der Waals surface area (Å²) in [5, 5.41) is 10.1. The van der Waals surface area contributed by atoms with E-state index in [0.29, 0.717) is 0 Å². The third-order valence-electron chi connectivity index (χ3n) is 0.659. The van der Waals surface area contributed by atoms with Gasteiger partial charge in [-0.2, -0.15) is 0 Å². The molecule has 0 rings (SSSR count). The Balaban J connectivity index is 4.04. The predicted molar refractivity (Wildman–Crippen MR) is 39.3 cm³/mol. The van der Waals surface area contributed by atoms with Crippen molar-refractivity contribution in [3.05, 3.63) is 0 Å². The molecule has 8 nitrogen and oxygen atoms in total. The molecule has 0 saturated carbocycles. The molecule has 9 heteroatoms. The maximum atomic E-state index is 10.1. The van der Waals surface area contributed by atoms with E-state index in [2.05, 4.69) is 4.76 Å². The molecule has 70 valence electrons. The van der Waals surface area contributed by atoms with Gasteiger partial charge in [0.25, 0.3) is 0 Å². The van der Waals surface area contributed by atoms with E-state index in [1.165, 1.54) is 0 Å². The first kappa shape index (κ1) is 10.9. The molecular formula is C3H8N3O5P. The highest BCUT2D eigenvalue weighted by atomic mass is 31.2. The Morgan fingerprint density at radius 2 is 2.08 bits per heavy atom. The maximum absolute atomic E-state index is 10.1. The molecule has 0 radical (unpaired) electrons. The van der Waals surface area contributed by atoms with E-state index in [0.717, 1.165) is 0 Å². The van der Waals surface area contributed by atoms with Gasteiger partial charge in [-0.15, -0.1) is 4.76 Å². The van der Waals surface area contributed by atoms with Crippen LogP contribution in [0.3, 0.4) is 0 Å². The minimum absolute atomic E-state index is 0.546. The Labute approximate surface area is 67.3 Å². The minimum Gasteiger partial charge on any atom is -0.480 e. The van der Waals surface area contributed by atoms with Crippen molar-refractivity contribution < 1.29 is 24.3 Å². The Morgan fingerprint density at radius 3 is 2.42 bits per heavy atom. The molecule has 0 bridgehead atoms. The van der Waals surface area contributed by atoms with Crippen LogP contribution in [0.25, 0.3) is 0 Å². The molecule has 0 spiro atoms. The number of nitrogens with two attached hydrogens (primary N) is 1. The average molecular weight is 197 g/mol. The largest absolute Gasteiger partial charge is 0.480 e. The monoisotopic (exact) mass is 197 g/mol. The number of rotatable bonds is 3. The molecule has 0 aromatic carbocycles. The second-order valence-electron chi connectivity index (χ2n) is 1.75. The molecular weight excluding hydrogens is 189 g/mol. The summed E-state index contributed by atoms with van der Waals surface area (Å²) < 4.78 is 12.8. The molecule has 0 fully saturated rings. The van der Waals surface area contributed by atoms with Crippen molar-refractivity contribution in [2.75, 3.05) is 6.54 Å². The molecule has 0 aliphatic heterocycles. The molecule has 0 aromatic rings. The third kappa shape index (κ3) is 7.00. The molecule has 0 aliphatic carbocycles. The van der Waals surface area contributed by atoms with Crippen LogP contribution in [0.5, 0.6) is 0 Å². The van der Waals surface area contributed by atoms with Crippen LogP contribution in [0.15, 0.2) is 4.76 Å². The fraction of sp³-hybridized carbons (Fsp3) is 0.333. The number of guanidine groups is 1. The molecule has 0 aromatic heterocycles. The highest BCUT2D eigenvalue weighted by Gasteiger charge is 2.10. The summed E-state index contributed by atoms with van der Waals surface area (Å²) in [6.45, 7) is -0.546. The number of hydrogen-bond acceptors (Lipinski definition) is 2. The van der Waals surface area contributed by atoms with E-state index >= 15 is 0 Å². The zero-order chi connectivity index (χ0) is 9.78. The summed E-state index contributed by atoms with van der Waals surface area (Å²) in [4.78, 5) is 26.3. The van der Waals surface area contributed by atoms with Crippen LogP contribution in [0.4, 0.5) is 0 Å². The van der Waals surface area contributed by atoms with Gasteiger partial charge in [0, 0.05) is 0 Å². The number of hydrogen-bond donors (Lipinski definition) is 5. The van der Waals surface area contributed by atoms with E-state index in [9.17, 15) is 9.36 Å². The van der Waals surface area contributed by atoms with Gasteiger partial charge in [0.2, 0.25) is 0 Å². The topological polar surface area (TPSA) is 145 Å². The number of carboxylic acid groups (broad SMARTS) is 1. The third-order valence-corrected chi connectivity index (χ3v) is 1.13. The summed E-state index contributed by atoms with van der Waals surface area (Å²) in [7, 11) is -4.57. The lowest BCUT2D eigenvalue weighted by molar-refractivity contribution is -0.135. The van der Waals surface area contributed by atoms with Crippen molar-refractivity contribution in [3.63, 3.8) is 0 Å². The molecule has 0 aliphatic rings. The lowest BCUT2D eigenvalue weighted by Gasteiger charge is -2.01. The summed E-state index contributed by atoms with van der Waals surface area (Å²) in [5.74, 6) is -1.82. The van der Waals surface area contributed by atoms with Crippen LogP contribution in [-0.2, 0) is 9.36 Å². The van der Waals surface area contributed by atoms with Crippen molar-refractivity contribution in [3.8, 4) is 0 Å². The zero-order valence-electron chi connectivity index (χ0n) is 5.84. The fourth-order valence-corrected chi connectivity index (χ4v) is 0.693. The number of nitrogens with zero attached hydrogens (tertiary/aromatic N) is 1. The van der Waals surface area contributed by atoms with E-state index < -0.39 is 26.2 Å². The number of carboxylic acids is 1. The second kappa shape index (κ2) is 4.05. The molecule has 0 heterocycles. The van der Waals surface area contributed by atoms with Gasteiger partial charge in [-0.05, 0) is 0 Å². The molecule has 0 saturated heterocycles. The average Bonchev–Trinajstić information content (AvgIpc) is 1.79. The van der Waals surface area contributed by atoms with Gasteiger partial charge >= 0.3 is 13.7 Å². The molecule has 12 heavy (non-hydrogen) atoms. The standard InChI is InChI=1S/C3H8N3O5P/c4-3(5-1-2(7)8)6-12(9,10)11/h1H2,(H,7,8)(H5,4,5,6,9,10,11). The second-order valence-corrected chi connectivity index (χ2v) is 2.97. The smallest absolute Gasteiger partial charge is 0.451 e. The van der Waals surface area contributed by atoms with Gasteiger partial charge in [-0.1, -0.05) is 0 Å². The Kier molecular flexibility index (Phi) is 3.68. The van der Waals surface area contributed by atoms with E-state index in [-0.39, 0.29) is 0 Å². The van der Waals surface area contributed by atoms with Gasteiger partial charge < -0.3 is 25.9 Å². The lowest BCUT2D eigenvalue weighted by atomic mass is 10.6. The SMILES string of the molecule is NC(=NP(=O)(O)O)NCC(=O)O. The number of aliphatic carboxylic acids is 1. The summed E-state index contributed by atoms with van der Waals surface area (Å²) in [6.07, 6.45) is 0. The Bertz CT molecular complexity index is 244. The van der Waals surface area contributed by atoms with Crippen molar-refractivity contribution in [2.24, 2.45) is 10.5 Å². The summed E-state index contributed by atoms with van der Waals surface area (Å²) in [6, 6.07) is 0. The van der Waals surface area contributed by atoms with Crippen LogP contribution >= 0.6 is 7.75 Å². The van der Waals surface area contributed by atoms with Crippen molar-refractivity contribution in [1.82, 2.24) is 5.32 Å². The first-order valence-corrected chi connectivity index (χ1v) is 4.24. The van der Waals surface area contributed by atoms with Crippen LogP contribution < -0.4 is 11.1 Å². The van der Waals surface area contributed by atoms with E-state index in [4.69, 9.17) is 20.6 Å². The fourth-order valence-electron chi connectivity index (χ4n) is 0.342. The Morgan fingerprint density at radius 1 is 1.58 bits per heavy atom. The first-order valence-electron chi connectivity index (χ1n) is 2.68. The molecule has 0 atom stereocenters. The lowest BCUT2D eigenvalue weighted by Crippen LogP contribution is -2.35. The zero-order valence-corrected chi connectivity index (χ0v) is 6.73. The number of carbonyl (C=O) groups is 1.